The molecule has 3 heteroatoms. The lowest BCUT2D eigenvalue weighted by atomic mass is 10.1. The van der Waals surface area contributed by atoms with Crippen LogP contribution < -0.4 is 5.32 Å². The van der Waals surface area contributed by atoms with Crippen molar-refractivity contribution in [2.45, 2.75) is 33.2 Å². The Labute approximate surface area is 89.8 Å². The molecule has 0 fully saturated rings. The first-order valence-electron chi connectivity index (χ1n) is 4.83. The van der Waals surface area contributed by atoms with Crippen molar-refractivity contribution in [3.8, 4) is 11.8 Å². The summed E-state index contributed by atoms with van der Waals surface area (Å²) in [6.07, 6.45) is 0.841. The lowest BCUT2D eigenvalue weighted by Crippen LogP contribution is -2.20. The summed E-state index contributed by atoms with van der Waals surface area (Å²) in [4.78, 5) is 4.47. The molecular formula is C11H16N2S. The molecule has 0 spiro atoms. The molecule has 1 N–H and O–H groups in total. The number of nitrogens with one attached hydrogen (secondary N) is 1. The minimum atomic E-state index is 0.289. The quantitative estimate of drug-likeness (QED) is 0.769. The molecule has 1 rings (SSSR count). The smallest absolute Gasteiger partial charge is 0.0898 e. The lowest BCUT2D eigenvalue weighted by Gasteiger charge is -2.11. The van der Waals surface area contributed by atoms with E-state index in [-0.39, 0.29) is 6.04 Å². The second-order valence-electron chi connectivity index (χ2n) is 3.03. The molecular weight excluding hydrogens is 192 g/mol. The van der Waals surface area contributed by atoms with E-state index in [1.165, 1.54) is 0 Å². The minimum Gasteiger partial charge on any atom is -0.308 e. The monoisotopic (exact) mass is 208 g/mol. The van der Waals surface area contributed by atoms with Crippen LogP contribution in [0.1, 0.15) is 37.0 Å². The van der Waals surface area contributed by atoms with Gasteiger partial charge in [0.1, 0.15) is 0 Å². The first-order valence-corrected chi connectivity index (χ1v) is 5.71. The zero-order chi connectivity index (χ0) is 10.4. The molecule has 1 heterocycles. The van der Waals surface area contributed by atoms with Crippen molar-refractivity contribution >= 4 is 11.3 Å². The second kappa shape index (κ2) is 5.79. The molecule has 0 radical (unpaired) electrons. The molecule has 14 heavy (non-hydrogen) atoms. The molecule has 0 saturated heterocycles. The summed E-state index contributed by atoms with van der Waals surface area (Å²) in [5.41, 5.74) is 1.12. The molecule has 0 aromatic carbocycles. The van der Waals surface area contributed by atoms with E-state index in [2.05, 4.69) is 34.4 Å². The number of thiazole rings is 1. The predicted octanol–water partition coefficient (Wildman–Crippen LogP) is 2.52. The summed E-state index contributed by atoms with van der Waals surface area (Å²) < 4.78 is 0. The van der Waals surface area contributed by atoms with Crippen molar-refractivity contribution < 1.29 is 0 Å². The van der Waals surface area contributed by atoms with Crippen molar-refractivity contribution in [3.05, 3.63) is 16.1 Å². The van der Waals surface area contributed by atoms with Gasteiger partial charge in [0.25, 0.3) is 0 Å². The van der Waals surface area contributed by atoms with Gasteiger partial charge in [-0.1, -0.05) is 6.92 Å². The van der Waals surface area contributed by atoms with Gasteiger partial charge in [-0.3, -0.25) is 0 Å². The van der Waals surface area contributed by atoms with Gasteiger partial charge in [-0.05, 0) is 20.4 Å². The van der Waals surface area contributed by atoms with Crippen molar-refractivity contribution in [2.24, 2.45) is 0 Å². The highest BCUT2D eigenvalue weighted by atomic mass is 32.1. The average Bonchev–Trinajstić information content (AvgIpc) is 2.59. The summed E-state index contributed by atoms with van der Waals surface area (Å²) in [6, 6.07) is 0.289. The van der Waals surface area contributed by atoms with Crippen LogP contribution in [0.2, 0.25) is 0 Å². The highest BCUT2D eigenvalue weighted by Crippen LogP contribution is 2.18. The SMILES string of the molecule is CC#CCC(NCC)c1csc(C)n1. The van der Waals surface area contributed by atoms with Gasteiger partial charge in [0.15, 0.2) is 0 Å². The van der Waals surface area contributed by atoms with Crippen LogP contribution in [-0.4, -0.2) is 11.5 Å². The van der Waals surface area contributed by atoms with E-state index in [4.69, 9.17) is 0 Å². The van der Waals surface area contributed by atoms with E-state index in [1.54, 1.807) is 11.3 Å². The van der Waals surface area contributed by atoms with Crippen LogP contribution in [0, 0.1) is 18.8 Å². The molecule has 1 aromatic rings. The molecule has 0 amide bonds. The Morgan fingerprint density at radius 1 is 1.64 bits per heavy atom. The van der Waals surface area contributed by atoms with Crippen LogP contribution in [0.5, 0.6) is 0 Å². The predicted molar refractivity (Wildman–Crippen MR) is 61.3 cm³/mol. The fourth-order valence-electron chi connectivity index (χ4n) is 1.27. The largest absolute Gasteiger partial charge is 0.308 e. The Morgan fingerprint density at radius 3 is 2.93 bits per heavy atom. The third-order valence-corrected chi connectivity index (χ3v) is 2.72. The van der Waals surface area contributed by atoms with Gasteiger partial charge in [0.2, 0.25) is 0 Å². The molecule has 76 valence electrons. The molecule has 0 bridgehead atoms. The van der Waals surface area contributed by atoms with E-state index in [1.807, 2.05) is 13.8 Å². The van der Waals surface area contributed by atoms with Gasteiger partial charge < -0.3 is 5.32 Å². The average molecular weight is 208 g/mol. The molecule has 0 aliphatic heterocycles. The zero-order valence-corrected chi connectivity index (χ0v) is 9.74. The Morgan fingerprint density at radius 2 is 2.43 bits per heavy atom. The number of aryl methyl sites for hydroxylation is 1. The summed E-state index contributed by atoms with van der Waals surface area (Å²) in [6.45, 7) is 6.95. The van der Waals surface area contributed by atoms with E-state index in [9.17, 15) is 0 Å². The molecule has 1 atom stereocenters. The van der Waals surface area contributed by atoms with E-state index >= 15 is 0 Å². The minimum absolute atomic E-state index is 0.289. The lowest BCUT2D eigenvalue weighted by molar-refractivity contribution is 0.553. The molecule has 1 unspecified atom stereocenters. The number of nitrogens with zero attached hydrogens (tertiary/aromatic N) is 1. The Kier molecular flexibility index (Phi) is 4.64. The van der Waals surface area contributed by atoms with Crippen LogP contribution in [0.25, 0.3) is 0 Å². The van der Waals surface area contributed by atoms with Gasteiger partial charge in [0, 0.05) is 11.8 Å². The third-order valence-electron chi connectivity index (χ3n) is 1.93. The topological polar surface area (TPSA) is 24.9 Å². The van der Waals surface area contributed by atoms with Gasteiger partial charge in [-0.25, -0.2) is 4.98 Å². The van der Waals surface area contributed by atoms with Crippen molar-refractivity contribution in [1.82, 2.24) is 10.3 Å². The van der Waals surface area contributed by atoms with Gasteiger partial charge in [-0.15, -0.1) is 23.2 Å². The Bertz CT molecular complexity index is 333. The summed E-state index contributed by atoms with van der Waals surface area (Å²) in [7, 11) is 0. The Hall–Kier alpha value is -0.850. The molecule has 2 nitrogen and oxygen atoms in total. The maximum atomic E-state index is 4.47. The highest BCUT2D eigenvalue weighted by Gasteiger charge is 2.11. The van der Waals surface area contributed by atoms with E-state index in [0.717, 1.165) is 23.7 Å². The van der Waals surface area contributed by atoms with Crippen LogP contribution in [0.15, 0.2) is 5.38 Å². The maximum Gasteiger partial charge on any atom is 0.0898 e. The second-order valence-corrected chi connectivity index (χ2v) is 4.09. The zero-order valence-electron chi connectivity index (χ0n) is 8.92. The van der Waals surface area contributed by atoms with Gasteiger partial charge >= 0.3 is 0 Å². The highest BCUT2D eigenvalue weighted by molar-refractivity contribution is 7.09. The molecule has 0 aliphatic carbocycles. The van der Waals surface area contributed by atoms with Crippen molar-refractivity contribution in [1.29, 1.82) is 0 Å². The van der Waals surface area contributed by atoms with E-state index in [0.29, 0.717) is 0 Å². The number of hydrogen-bond donors (Lipinski definition) is 1. The van der Waals surface area contributed by atoms with Gasteiger partial charge in [-0.2, -0.15) is 0 Å². The fourth-order valence-corrected chi connectivity index (χ4v) is 1.94. The molecule has 0 saturated carbocycles. The van der Waals surface area contributed by atoms with Crippen LogP contribution in [0.4, 0.5) is 0 Å². The Balaban J connectivity index is 2.69. The van der Waals surface area contributed by atoms with Crippen molar-refractivity contribution in [2.75, 3.05) is 6.54 Å². The number of hydrogen-bond acceptors (Lipinski definition) is 3. The third kappa shape index (κ3) is 3.13. The first-order chi connectivity index (χ1) is 6.77. The summed E-state index contributed by atoms with van der Waals surface area (Å²) in [5.74, 6) is 6.01. The standard InChI is InChI=1S/C11H16N2S/c1-4-6-7-10(12-5-2)11-8-14-9(3)13-11/h8,10,12H,5,7H2,1-3H3. The van der Waals surface area contributed by atoms with Crippen LogP contribution in [0.3, 0.4) is 0 Å². The summed E-state index contributed by atoms with van der Waals surface area (Å²) >= 11 is 1.69. The van der Waals surface area contributed by atoms with Gasteiger partial charge in [0.05, 0.1) is 16.7 Å². The molecule has 1 aromatic heterocycles. The maximum absolute atomic E-state index is 4.47. The van der Waals surface area contributed by atoms with Crippen LogP contribution in [-0.2, 0) is 0 Å². The fraction of sp³-hybridized carbons (Fsp3) is 0.545. The number of rotatable bonds is 4. The number of aromatic nitrogens is 1. The molecule has 0 aliphatic rings. The summed E-state index contributed by atoms with van der Waals surface area (Å²) in [5, 5.41) is 6.62. The van der Waals surface area contributed by atoms with E-state index < -0.39 is 0 Å². The van der Waals surface area contributed by atoms with Crippen LogP contribution >= 0.6 is 11.3 Å². The first kappa shape index (κ1) is 11.2. The normalized spacial score (nSPS) is 11.9. The van der Waals surface area contributed by atoms with Crippen molar-refractivity contribution in [3.63, 3.8) is 0 Å².